The Morgan fingerprint density at radius 3 is 1.65 bits per heavy atom. The first kappa shape index (κ1) is 11.5. The Kier molecular flexibility index (Phi) is 3.61. The minimum absolute atomic E-state index is 0.176. The van der Waals surface area contributed by atoms with Gasteiger partial charge in [0.1, 0.15) is 0 Å². The molecule has 0 aliphatic rings. The molecule has 0 saturated heterocycles. The van der Waals surface area contributed by atoms with Crippen molar-refractivity contribution in [3.05, 3.63) is 84.1 Å². The summed E-state index contributed by atoms with van der Waals surface area (Å²) in [5.74, 6) is 0.401. The molecule has 0 bridgehead atoms. The fourth-order valence-corrected chi connectivity index (χ4v) is 2.03. The molecule has 0 heterocycles. The van der Waals surface area contributed by atoms with Crippen LogP contribution >= 0.6 is 0 Å². The highest BCUT2D eigenvalue weighted by molar-refractivity contribution is 5.33. The van der Waals surface area contributed by atoms with E-state index in [9.17, 15) is 5.11 Å². The largest absolute Gasteiger partial charge is 0.513 e. The molecule has 0 fully saturated rings. The van der Waals surface area contributed by atoms with Crippen LogP contribution in [0.4, 0.5) is 0 Å². The van der Waals surface area contributed by atoms with Gasteiger partial charge >= 0.3 is 0 Å². The molecule has 2 rings (SSSR count). The van der Waals surface area contributed by atoms with E-state index in [1.807, 2.05) is 36.4 Å². The van der Waals surface area contributed by atoms with Crippen LogP contribution in [0.5, 0.6) is 0 Å². The molecule has 0 radical (unpaired) electrons. The predicted octanol–water partition coefficient (Wildman–Crippen LogP) is 4.28. The lowest BCUT2D eigenvalue weighted by Crippen LogP contribution is -2.02. The van der Waals surface area contributed by atoms with Crippen LogP contribution in [0.25, 0.3) is 0 Å². The smallest absolute Gasteiger partial charge is 0.0860 e. The number of benzene rings is 2. The lowest BCUT2D eigenvalue weighted by molar-refractivity contribution is 0.384. The molecule has 1 N–H and O–H groups in total. The van der Waals surface area contributed by atoms with Crippen molar-refractivity contribution < 1.29 is 5.11 Å². The summed E-state index contributed by atoms with van der Waals surface area (Å²) in [5, 5.41) is 9.45. The normalized spacial score (nSPS) is 10.4. The van der Waals surface area contributed by atoms with Gasteiger partial charge in [-0.15, -0.1) is 0 Å². The van der Waals surface area contributed by atoms with Gasteiger partial charge in [0.05, 0.1) is 5.76 Å². The molecular weight excluding hydrogens is 208 g/mol. The summed E-state index contributed by atoms with van der Waals surface area (Å²) in [4.78, 5) is 0. The number of allylic oxidation sites excluding steroid dienone is 1. The Bertz CT molecular complexity index is 434. The monoisotopic (exact) mass is 224 g/mol. The fraction of sp³-hybridized carbons (Fsp3) is 0.125. The van der Waals surface area contributed by atoms with Gasteiger partial charge in [-0.3, -0.25) is 0 Å². The summed E-state index contributed by atoms with van der Waals surface area (Å²) in [6, 6.07) is 20.4. The van der Waals surface area contributed by atoms with E-state index in [2.05, 4.69) is 30.8 Å². The molecule has 0 aliphatic carbocycles. The summed E-state index contributed by atoms with van der Waals surface area (Å²) >= 11 is 0. The van der Waals surface area contributed by atoms with E-state index >= 15 is 0 Å². The van der Waals surface area contributed by atoms with Crippen molar-refractivity contribution in [3.63, 3.8) is 0 Å². The highest BCUT2D eigenvalue weighted by atomic mass is 16.3. The van der Waals surface area contributed by atoms with Crippen LogP contribution in [0.2, 0.25) is 0 Å². The van der Waals surface area contributed by atoms with Gasteiger partial charge in [-0.05, 0) is 11.1 Å². The second-order valence-electron chi connectivity index (χ2n) is 4.14. The van der Waals surface area contributed by atoms with Crippen molar-refractivity contribution in [2.45, 2.75) is 12.3 Å². The van der Waals surface area contributed by atoms with Gasteiger partial charge in [0, 0.05) is 12.3 Å². The van der Waals surface area contributed by atoms with Crippen molar-refractivity contribution >= 4 is 0 Å². The van der Waals surface area contributed by atoms with Crippen LogP contribution in [0.15, 0.2) is 73.0 Å². The molecular formula is C16H16O. The third-order valence-electron chi connectivity index (χ3n) is 2.84. The van der Waals surface area contributed by atoms with E-state index in [-0.39, 0.29) is 11.7 Å². The first-order valence-corrected chi connectivity index (χ1v) is 5.74. The van der Waals surface area contributed by atoms with Crippen LogP contribution < -0.4 is 0 Å². The Labute approximate surface area is 102 Å². The number of aliphatic hydroxyl groups excluding tert-OH is 1. The van der Waals surface area contributed by atoms with Crippen molar-refractivity contribution in [3.8, 4) is 0 Å². The first-order valence-electron chi connectivity index (χ1n) is 5.74. The van der Waals surface area contributed by atoms with Crippen LogP contribution in [0.1, 0.15) is 23.5 Å². The van der Waals surface area contributed by atoms with Crippen molar-refractivity contribution in [1.29, 1.82) is 0 Å². The van der Waals surface area contributed by atoms with Crippen LogP contribution in [-0.2, 0) is 0 Å². The molecule has 2 aromatic carbocycles. The third kappa shape index (κ3) is 2.97. The summed E-state index contributed by atoms with van der Waals surface area (Å²) in [5.41, 5.74) is 2.41. The topological polar surface area (TPSA) is 20.2 Å². The number of hydrogen-bond acceptors (Lipinski definition) is 1. The Balaban J connectivity index is 2.36. The minimum atomic E-state index is 0.176. The van der Waals surface area contributed by atoms with E-state index in [0.717, 1.165) is 0 Å². The molecule has 1 heteroatoms. The summed E-state index contributed by atoms with van der Waals surface area (Å²) in [6.45, 7) is 3.60. The lowest BCUT2D eigenvalue weighted by Gasteiger charge is -2.17. The number of hydrogen-bond donors (Lipinski definition) is 1. The van der Waals surface area contributed by atoms with Crippen LogP contribution in [0.3, 0.4) is 0 Å². The second kappa shape index (κ2) is 5.35. The van der Waals surface area contributed by atoms with Gasteiger partial charge in [0.2, 0.25) is 0 Å². The highest BCUT2D eigenvalue weighted by Crippen LogP contribution is 2.29. The maximum atomic E-state index is 9.45. The summed E-state index contributed by atoms with van der Waals surface area (Å²) in [7, 11) is 0. The van der Waals surface area contributed by atoms with E-state index < -0.39 is 0 Å². The third-order valence-corrected chi connectivity index (χ3v) is 2.84. The molecule has 1 nitrogen and oxygen atoms in total. The molecule has 0 atom stereocenters. The molecule has 17 heavy (non-hydrogen) atoms. The van der Waals surface area contributed by atoms with Gasteiger partial charge in [0.15, 0.2) is 0 Å². The van der Waals surface area contributed by atoms with Gasteiger partial charge < -0.3 is 5.11 Å². The first-order chi connectivity index (χ1) is 8.27. The fourth-order valence-electron chi connectivity index (χ4n) is 2.03. The van der Waals surface area contributed by atoms with Gasteiger partial charge in [0.25, 0.3) is 0 Å². The van der Waals surface area contributed by atoms with E-state index in [0.29, 0.717) is 6.42 Å². The lowest BCUT2D eigenvalue weighted by atomic mass is 9.88. The molecule has 0 saturated carbocycles. The maximum absolute atomic E-state index is 9.45. The molecule has 86 valence electrons. The van der Waals surface area contributed by atoms with Gasteiger partial charge in [-0.2, -0.15) is 0 Å². The van der Waals surface area contributed by atoms with E-state index in [4.69, 9.17) is 0 Å². The molecule has 0 amide bonds. The molecule has 0 unspecified atom stereocenters. The standard InChI is InChI=1S/C16H16O/c1-13(17)12-16(14-8-4-2-5-9-14)15-10-6-3-7-11-15/h2-11,16-17H,1,12H2. The summed E-state index contributed by atoms with van der Waals surface area (Å²) in [6.07, 6.45) is 0.564. The second-order valence-corrected chi connectivity index (χ2v) is 4.14. The molecule has 0 spiro atoms. The average molecular weight is 224 g/mol. The Hall–Kier alpha value is -2.02. The van der Waals surface area contributed by atoms with Crippen LogP contribution in [-0.4, -0.2) is 5.11 Å². The SMILES string of the molecule is C=C(O)CC(c1ccccc1)c1ccccc1. The Morgan fingerprint density at radius 1 is 0.882 bits per heavy atom. The zero-order valence-corrected chi connectivity index (χ0v) is 9.71. The van der Waals surface area contributed by atoms with Crippen molar-refractivity contribution in [2.24, 2.45) is 0 Å². The van der Waals surface area contributed by atoms with Gasteiger partial charge in [-0.25, -0.2) is 0 Å². The average Bonchev–Trinajstić information content (AvgIpc) is 2.38. The van der Waals surface area contributed by atoms with Crippen molar-refractivity contribution in [1.82, 2.24) is 0 Å². The highest BCUT2D eigenvalue weighted by Gasteiger charge is 2.14. The molecule has 2 aromatic rings. The van der Waals surface area contributed by atoms with Crippen molar-refractivity contribution in [2.75, 3.05) is 0 Å². The quantitative estimate of drug-likeness (QED) is 0.768. The summed E-state index contributed by atoms with van der Waals surface area (Å²) < 4.78 is 0. The minimum Gasteiger partial charge on any atom is -0.513 e. The van der Waals surface area contributed by atoms with Crippen LogP contribution in [0, 0.1) is 0 Å². The molecule has 0 aromatic heterocycles. The predicted molar refractivity (Wildman–Crippen MR) is 71.1 cm³/mol. The van der Waals surface area contributed by atoms with E-state index in [1.54, 1.807) is 0 Å². The number of aliphatic hydroxyl groups is 1. The molecule has 0 aliphatic heterocycles. The van der Waals surface area contributed by atoms with Gasteiger partial charge in [-0.1, -0.05) is 67.2 Å². The van der Waals surface area contributed by atoms with E-state index in [1.165, 1.54) is 11.1 Å². The zero-order chi connectivity index (χ0) is 12.1. The maximum Gasteiger partial charge on any atom is 0.0860 e. The number of rotatable bonds is 4. The zero-order valence-electron chi connectivity index (χ0n) is 9.71. The Morgan fingerprint density at radius 2 is 1.29 bits per heavy atom.